The van der Waals surface area contributed by atoms with Gasteiger partial charge in [0.1, 0.15) is 6.10 Å². The van der Waals surface area contributed by atoms with Gasteiger partial charge in [-0.2, -0.15) is 0 Å². The number of hydrogen-bond donors (Lipinski definition) is 2. The SMILES string of the molecule is CCCCCCCCCCCCCCCCOC(O)C(O)CC. The Kier molecular flexibility index (Phi) is 18.1. The third-order valence-corrected chi connectivity index (χ3v) is 4.53. The largest absolute Gasteiger partial charge is 0.388 e. The molecule has 0 saturated carbocycles. The predicted octanol–water partition coefficient (Wildman–Crippen LogP) is 5.57. The first-order valence-electron chi connectivity index (χ1n) is 10.2. The van der Waals surface area contributed by atoms with E-state index in [0.29, 0.717) is 13.0 Å². The van der Waals surface area contributed by atoms with E-state index in [-0.39, 0.29) is 0 Å². The van der Waals surface area contributed by atoms with Gasteiger partial charge in [0.25, 0.3) is 0 Å². The standard InChI is InChI=1S/C20H42O3/c1-3-5-6-7-8-9-10-11-12-13-14-15-16-17-18-23-20(22)19(21)4-2/h19-22H,3-18H2,1-2H3. The van der Waals surface area contributed by atoms with Gasteiger partial charge in [-0.05, 0) is 12.8 Å². The van der Waals surface area contributed by atoms with E-state index in [4.69, 9.17) is 4.74 Å². The maximum Gasteiger partial charge on any atom is 0.180 e. The van der Waals surface area contributed by atoms with Crippen LogP contribution in [0.3, 0.4) is 0 Å². The Labute approximate surface area is 144 Å². The molecule has 2 atom stereocenters. The van der Waals surface area contributed by atoms with E-state index >= 15 is 0 Å². The first-order chi connectivity index (χ1) is 11.2. The summed E-state index contributed by atoms with van der Waals surface area (Å²) < 4.78 is 5.21. The molecule has 0 rings (SSSR count). The summed E-state index contributed by atoms with van der Waals surface area (Å²) in [7, 11) is 0. The molecule has 2 N–H and O–H groups in total. The van der Waals surface area contributed by atoms with Crippen molar-refractivity contribution in [1.29, 1.82) is 0 Å². The number of hydrogen-bond acceptors (Lipinski definition) is 3. The molecular weight excluding hydrogens is 288 g/mol. The van der Waals surface area contributed by atoms with Gasteiger partial charge in [-0.25, -0.2) is 0 Å². The third kappa shape index (κ3) is 16.5. The third-order valence-electron chi connectivity index (χ3n) is 4.53. The highest BCUT2D eigenvalue weighted by Gasteiger charge is 2.13. The molecule has 0 amide bonds. The maximum atomic E-state index is 9.45. The second kappa shape index (κ2) is 18.2. The minimum absolute atomic E-state index is 0.528. The van der Waals surface area contributed by atoms with Gasteiger partial charge in [0.2, 0.25) is 0 Å². The van der Waals surface area contributed by atoms with Crippen LogP contribution in [0.5, 0.6) is 0 Å². The van der Waals surface area contributed by atoms with Gasteiger partial charge in [0.05, 0.1) is 0 Å². The van der Waals surface area contributed by atoms with Crippen molar-refractivity contribution < 1.29 is 14.9 Å². The van der Waals surface area contributed by atoms with E-state index in [1.807, 2.05) is 6.92 Å². The lowest BCUT2D eigenvalue weighted by atomic mass is 10.0. The van der Waals surface area contributed by atoms with E-state index in [1.54, 1.807) is 0 Å². The normalized spacial score (nSPS) is 14.1. The second-order valence-electron chi connectivity index (χ2n) is 6.83. The van der Waals surface area contributed by atoms with Crippen LogP contribution in [0, 0.1) is 0 Å². The van der Waals surface area contributed by atoms with Crippen molar-refractivity contribution in [3.63, 3.8) is 0 Å². The highest BCUT2D eigenvalue weighted by molar-refractivity contribution is 4.55. The Balaban J connectivity index is 3.08. The van der Waals surface area contributed by atoms with Crippen LogP contribution in [-0.4, -0.2) is 29.2 Å². The summed E-state index contributed by atoms with van der Waals surface area (Å²) in [5.41, 5.74) is 0. The van der Waals surface area contributed by atoms with Crippen molar-refractivity contribution in [2.45, 2.75) is 123 Å². The molecule has 3 nitrogen and oxygen atoms in total. The fraction of sp³-hybridized carbons (Fsp3) is 1.00. The average molecular weight is 331 g/mol. The molecule has 0 heterocycles. The number of ether oxygens (including phenoxy) is 1. The number of unbranched alkanes of at least 4 members (excludes halogenated alkanes) is 13. The molecule has 0 radical (unpaired) electrons. The van der Waals surface area contributed by atoms with Crippen LogP contribution < -0.4 is 0 Å². The average Bonchev–Trinajstić information content (AvgIpc) is 2.57. The van der Waals surface area contributed by atoms with Crippen LogP contribution in [-0.2, 0) is 4.74 Å². The van der Waals surface area contributed by atoms with E-state index in [2.05, 4.69) is 6.92 Å². The molecule has 0 aliphatic heterocycles. The topological polar surface area (TPSA) is 49.7 Å². The molecular formula is C20H42O3. The second-order valence-corrected chi connectivity index (χ2v) is 6.83. The first kappa shape index (κ1) is 22.9. The zero-order valence-corrected chi connectivity index (χ0v) is 15.8. The van der Waals surface area contributed by atoms with E-state index in [1.165, 1.54) is 77.0 Å². The minimum Gasteiger partial charge on any atom is -0.388 e. The van der Waals surface area contributed by atoms with Gasteiger partial charge in [-0.15, -0.1) is 0 Å². The van der Waals surface area contributed by atoms with Crippen LogP contribution in [0.25, 0.3) is 0 Å². The minimum atomic E-state index is -1.01. The van der Waals surface area contributed by atoms with Crippen LogP contribution in [0.2, 0.25) is 0 Å². The molecule has 0 aromatic heterocycles. The Morgan fingerprint density at radius 1 is 0.609 bits per heavy atom. The number of aliphatic hydroxyl groups is 2. The molecule has 3 heteroatoms. The zero-order valence-electron chi connectivity index (χ0n) is 15.8. The van der Waals surface area contributed by atoms with Crippen LogP contribution in [0.4, 0.5) is 0 Å². The molecule has 0 aromatic rings. The summed E-state index contributed by atoms with van der Waals surface area (Å²) in [6.07, 6.45) is 17.5. The molecule has 23 heavy (non-hydrogen) atoms. The molecule has 0 bridgehead atoms. The summed E-state index contributed by atoms with van der Waals surface area (Å²) in [5, 5.41) is 18.8. The van der Waals surface area contributed by atoms with Crippen LogP contribution in [0.1, 0.15) is 110 Å². The van der Waals surface area contributed by atoms with E-state index in [0.717, 1.165) is 12.8 Å². The lowest BCUT2D eigenvalue weighted by Crippen LogP contribution is -2.28. The molecule has 0 fully saturated rings. The number of aliphatic hydroxyl groups excluding tert-OH is 2. The van der Waals surface area contributed by atoms with Crippen LogP contribution in [0.15, 0.2) is 0 Å². The maximum absolute atomic E-state index is 9.45. The monoisotopic (exact) mass is 330 g/mol. The summed E-state index contributed by atoms with van der Waals surface area (Å²) in [6.45, 7) is 4.66. The van der Waals surface area contributed by atoms with Gasteiger partial charge in [-0.3, -0.25) is 0 Å². The summed E-state index contributed by atoms with van der Waals surface area (Å²) in [4.78, 5) is 0. The van der Waals surface area contributed by atoms with Crippen molar-refractivity contribution in [3.8, 4) is 0 Å². The fourth-order valence-corrected chi connectivity index (χ4v) is 2.81. The highest BCUT2D eigenvalue weighted by atomic mass is 16.6. The van der Waals surface area contributed by atoms with Crippen molar-refractivity contribution in [3.05, 3.63) is 0 Å². The van der Waals surface area contributed by atoms with Crippen molar-refractivity contribution >= 4 is 0 Å². The van der Waals surface area contributed by atoms with Crippen molar-refractivity contribution in [2.24, 2.45) is 0 Å². The fourth-order valence-electron chi connectivity index (χ4n) is 2.81. The Morgan fingerprint density at radius 2 is 1.00 bits per heavy atom. The van der Waals surface area contributed by atoms with Crippen LogP contribution >= 0.6 is 0 Å². The van der Waals surface area contributed by atoms with Gasteiger partial charge in [-0.1, -0.05) is 97.3 Å². The van der Waals surface area contributed by atoms with E-state index < -0.39 is 12.4 Å². The lowest BCUT2D eigenvalue weighted by molar-refractivity contribution is -0.162. The Bertz CT molecular complexity index is 221. The van der Waals surface area contributed by atoms with Gasteiger partial charge in [0.15, 0.2) is 6.29 Å². The molecule has 0 saturated heterocycles. The Morgan fingerprint density at radius 3 is 1.39 bits per heavy atom. The molecule has 2 unspecified atom stereocenters. The quantitative estimate of drug-likeness (QED) is 0.255. The summed E-state index contributed by atoms with van der Waals surface area (Å²) >= 11 is 0. The van der Waals surface area contributed by atoms with Crippen molar-refractivity contribution in [1.82, 2.24) is 0 Å². The summed E-state index contributed by atoms with van der Waals surface area (Å²) in [5.74, 6) is 0. The summed E-state index contributed by atoms with van der Waals surface area (Å²) in [6, 6.07) is 0. The highest BCUT2D eigenvalue weighted by Crippen LogP contribution is 2.13. The molecule has 0 aliphatic carbocycles. The molecule has 0 spiro atoms. The van der Waals surface area contributed by atoms with Gasteiger partial charge >= 0.3 is 0 Å². The smallest absolute Gasteiger partial charge is 0.180 e. The van der Waals surface area contributed by atoms with Gasteiger partial charge < -0.3 is 14.9 Å². The van der Waals surface area contributed by atoms with E-state index in [9.17, 15) is 10.2 Å². The van der Waals surface area contributed by atoms with Crippen molar-refractivity contribution in [2.75, 3.05) is 6.61 Å². The lowest BCUT2D eigenvalue weighted by Gasteiger charge is -2.16. The molecule has 0 aliphatic rings. The molecule has 0 aromatic carbocycles. The van der Waals surface area contributed by atoms with Gasteiger partial charge in [0, 0.05) is 6.61 Å². The number of rotatable bonds is 18. The predicted molar refractivity (Wildman–Crippen MR) is 98.6 cm³/mol. The first-order valence-corrected chi connectivity index (χ1v) is 10.2. The zero-order chi connectivity index (χ0) is 17.2. The Hall–Kier alpha value is -0.120. The molecule has 140 valence electrons.